The lowest BCUT2D eigenvalue weighted by molar-refractivity contribution is -0.148. The van der Waals surface area contributed by atoms with Crippen LogP contribution in [0, 0.1) is 11.8 Å². The highest BCUT2D eigenvalue weighted by molar-refractivity contribution is 5.73. The molecule has 2 amide bonds. The SMILES string of the molecule is CCOC(=O)[C@H](C)C[C@@H](Cc1ccc(-c2ccccc2)cc1)NC(=O)OC(C)(C)C.CCOC(=O)[C@H](C)C[C@@H](Cc1ccc(-c2ccccc2)cc1)NC(=O)OC(C)(C)C. The van der Waals surface area contributed by atoms with Crippen LogP contribution in [0.1, 0.15) is 93.2 Å². The molecule has 0 saturated carbocycles. The number of ether oxygens (including phenoxy) is 4. The summed E-state index contributed by atoms with van der Waals surface area (Å²) in [6.07, 6.45) is 1.17. The van der Waals surface area contributed by atoms with Gasteiger partial charge in [0.25, 0.3) is 0 Å². The van der Waals surface area contributed by atoms with Crippen molar-refractivity contribution in [1.29, 1.82) is 0 Å². The Balaban J connectivity index is 0.000000320. The number of nitrogens with one attached hydrogen (secondary N) is 2. The Bertz CT molecular complexity index is 1760. The Hall–Kier alpha value is -5.64. The molecule has 4 aromatic rings. The lowest BCUT2D eigenvalue weighted by atomic mass is 9.95. The fourth-order valence-corrected chi connectivity index (χ4v) is 6.45. The van der Waals surface area contributed by atoms with Crippen molar-refractivity contribution in [2.45, 2.75) is 118 Å². The van der Waals surface area contributed by atoms with Gasteiger partial charge in [0.05, 0.1) is 25.0 Å². The number of amides is 2. The summed E-state index contributed by atoms with van der Waals surface area (Å²) in [6, 6.07) is 36.4. The molecule has 2 N–H and O–H groups in total. The third kappa shape index (κ3) is 18.5. The molecule has 4 aromatic carbocycles. The zero-order valence-electron chi connectivity index (χ0n) is 37.2. The van der Waals surface area contributed by atoms with Crippen LogP contribution in [0.15, 0.2) is 109 Å². The van der Waals surface area contributed by atoms with Crippen LogP contribution < -0.4 is 10.6 Å². The smallest absolute Gasteiger partial charge is 0.407 e. The molecule has 60 heavy (non-hydrogen) atoms. The molecule has 0 fully saturated rings. The average molecular weight is 823 g/mol. The van der Waals surface area contributed by atoms with E-state index in [2.05, 4.69) is 83.4 Å². The van der Waals surface area contributed by atoms with E-state index in [9.17, 15) is 19.2 Å². The summed E-state index contributed by atoms with van der Waals surface area (Å²) in [6.45, 7) is 18.8. The Morgan fingerprint density at radius 1 is 0.483 bits per heavy atom. The molecule has 0 saturated heterocycles. The van der Waals surface area contributed by atoms with Crippen LogP contribution >= 0.6 is 0 Å². The fraction of sp³-hybridized carbons (Fsp3) is 0.440. The summed E-state index contributed by atoms with van der Waals surface area (Å²) in [5.41, 5.74) is 5.56. The van der Waals surface area contributed by atoms with Gasteiger partial charge in [-0.15, -0.1) is 0 Å². The summed E-state index contributed by atoms with van der Waals surface area (Å²) in [7, 11) is 0. The van der Waals surface area contributed by atoms with Crippen LogP contribution in [0.25, 0.3) is 22.3 Å². The van der Waals surface area contributed by atoms with Gasteiger partial charge in [0, 0.05) is 12.1 Å². The molecule has 0 bridgehead atoms. The molecule has 4 rings (SSSR count). The molecule has 324 valence electrons. The Morgan fingerprint density at radius 3 is 1.07 bits per heavy atom. The van der Waals surface area contributed by atoms with Crippen LogP contribution in [-0.2, 0) is 41.4 Å². The van der Waals surface area contributed by atoms with E-state index in [1.165, 1.54) is 0 Å². The van der Waals surface area contributed by atoms with Gasteiger partial charge < -0.3 is 29.6 Å². The van der Waals surface area contributed by atoms with E-state index in [0.717, 1.165) is 33.4 Å². The predicted octanol–water partition coefficient (Wildman–Crippen LogP) is 10.8. The standard InChI is InChI=1S/2C25H33NO4/c2*1-6-29-23(27)18(2)16-22(26-24(28)30-25(3,4)5)17-19-12-14-21(15-13-19)20-10-8-7-9-11-20/h2*7-15,18,22H,6,16-17H2,1-5H3,(H,26,28)/t2*18-,22+/m11/s1. The first kappa shape index (κ1) is 48.7. The highest BCUT2D eigenvalue weighted by atomic mass is 16.6. The summed E-state index contributed by atoms with van der Waals surface area (Å²) in [5.74, 6) is -1.16. The maximum atomic E-state index is 12.3. The molecule has 10 nitrogen and oxygen atoms in total. The Morgan fingerprint density at radius 2 is 0.783 bits per heavy atom. The topological polar surface area (TPSA) is 129 Å². The number of hydrogen-bond donors (Lipinski definition) is 2. The number of alkyl carbamates (subject to hydrolysis) is 2. The lowest BCUT2D eigenvalue weighted by Gasteiger charge is -2.25. The lowest BCUT2D eigenvalue weighted by Crippen LogP contribution is -2.41. The summed E-state index contributed by atoms with van der Waals surface area (Å²) < 4.78 is 21.1. The molecule has 0 heterocycles. The number of carbonyl (C=O) groups excluding carboxylic acids is 4. The minimum Gasteiger partial charge on any atom is -0.466 e. The van der Waals surface area contributed by atoms with E-state index in [0.29, 0.717) is 38.9 Å². The van der Waals surface area contributed by atoms with Crippen LogP contribution in [0.3, 0.4) is 0 Å². The predicted molar refractivity (Wildman–Crippen MR) is 238 cm³/mol. The molecular formula is C50H66N2O8. The molecule has 0 aliphatic heterocycles. The highest BCUT2D eigenvalue weighted by Crippen LogP contribution is 2.23. The molecule has 0 aromatic heterocycles. The quantitative estimate of drug-likeness (QED) is 0.0844. The number of benzene rings is 4. The van der Waals surface area contributed by atoms with E-state index in [1.54, 1.807) is 13.8 Å². The molecule has 4 atom stereocenters. The Labute approximate surface area is 357 Å². The van der Waals surface area contributed by atoms with Crippen molar-refractivity contribution in [2.24, 2.45) is 11.8 Å². The molecule has 0 unspecified atom stereocenters. The van der Waals surface area contributed by atoms with Crippen molar-refractivity contribution in [3.63, 3.8) is 0 Å². The van der Waals surface area contributed by atoms with Crippen molar-refractivity contribution >= 4 is 24.1 Å². The van der Waals surface area contributed by atoms with E-state index >= 15 is 0 Å². The van der Waals surface area contributed by atoms with Crippen molar-refractivity contribution in [3.8, 4) is 22.3 Å². The third-order valence-corrected chi connectivity index (χ3v) is 9.18. The summed E-state index contributed by atoms with van der Waals surface area (Å²) >= 11 is 0. The van der Waals surface area contributed by atoms with Gasteiger partial charge >= 0.3 is 24.1 Å². The van der Waals surface area contributed by atoms with E-state index in [4.69, 9.17) is 18.9 Å². The second-order valence-corrected chi connectivity index (χ2v) is 17.0. The second-order valence-electron chi connectivity index (χ2n) is 17.0. The maximum Gasteiger partial charge on any atom is 0.407 e. The van der Waals surface area contributed by atoms with Gasteiger partial charge in [-0.2, -0.15) is 0 Å². The molecular weight excluding hydrogens is 757 g/mol. The highest BCUT2D eigenvalue weighted by Gasteiger charge is 2.26. The van der Waals surface area contributed by atoms with Crippen LogP contribution in [0.2, 0.25) is 0 Å². The first-order valence-electron chi connectivity index (χ1n) is 21.0. The second kappa shape index (κ2) is 23.8. The van der Waals surface area contributed by atoms with Crippen molar-refractivity contribution < 1.29 is 38.1 Å². The van der Waals surface area contributed by atoms with Crippen molar-refractivity contribution in [2.75, 3.05) is 13.2 Å². The largest absolute Gasteiger partial charge is 0.466 e. The summed E-state index contributed by atoms with van der Waals surface area (Å²) in [5, 5.41) is 5.85. The van der Waals surface area contributed by atoms with Crippen molar-refractivity contribution in [3.05, 3.63) is 120 Å². The molecule has 0 aliphatic rings. The van der Waals surface area contributed by atoms with Gasteiger partial charge in [-0.1, -0.05) is 123 Å². The van der Waals surface area contributed by atoms with Crippen LogP contribution in [0.5, 0.6) is 0 Å². The first-order valence-corrected chi connectivity index (χ1v) is 21.0. The summed E-state index contributed by atoms with van der Waals surface area (Å²) in [4.78, 5) is 48.8. The molecule has 0 aliphatic carbocycles. The van der Waals surface area contributed by atoms with Crippen LogP contribution in [0.4, 0.5) is 9.59 Å². The van der Waals surface area contributed by atoms with Gasteiger partial charge in [0.15, 0.2) is 0 Å². The zero-order valence-corrected chi connectivity index (χ0v) is 37.2. The van der Waals surface area contributed by atoms with E-state index < -0.39 is 23.4 Å². The van der Waals surface area contributed by atoms with Crippen LogP contribution in [-0.4, -0.2) is 60.6 Å². The molecule has 0 radical (unpaired) electrons. The number of hydrogen-bond acceptors (Lipinski definition) is 8. The van der Waals surface area contributed by atoms with Gasteiger partial charge in [0.2, 0.25) is 0 Å². The van der Waals surface area contributed by atoms with Gasteiger partial charge in [-0.25, -0.2) is 9.59 Å². The first-order chi connectivity index (χ1) is 28.3. The third-order valence-electron chi connectivity index (χ3n) is 9.18. The minimum atomic E-state index is -0.585. The maximum absolute atomic E-state index is 12.3. The fourth-order valence-electron chi connectivity index (χ4n) is 6.45. The van der Waals surface area contributed by atoms with Gasteiger partial charge in [-0.3, -0.25) is 9.59 Å². The van der Waals surface area contributed by atoms with Crippen molar-refractivity contribution in [1.82, 2.24) is 10.6 Å². The zero-order chi connectivity index (χ0) is 44.3. The van der Waals surface area contributed by atoms with Gasteiger partial charge in [0.1, 0.15) is 11.2 Å². The normalized spacial score (nSPS) is 13.2. The molecule has 0 spiro atoms. The number of rotatable bonds is 16. The number of esters is 2. The minimum absolute atomic E-state index is 0.248. The van der Waals surface area contributed by atoms with Gasteiger partial charge in [-0.05, 0) is 114 Å². The molecule has 10 heteroatoms. The van der Waals surface area contributed by atoms with E-state index in [1.807, 2.05) is 91.8 Å². The Kier molecular flexibility index (Phi) is 19.3. The van der Waals surface area contributed by atoms with E-state index in [-0.39, 0.29) is 35.9 Å². The monoisotopic (exact) mass is 822 g/mol. The average Bonchev–Trinajstić information content (AvgIpc) is 3.18. The number of carbonyl (C=O) groups is 4.